The number of nitrogens with one attached hydrogen (secondary N) is 1. The summed E-state index contributed by atoms with van der Waals surface area (Å²) in [6, 6.07) is 16.7. The van der Waals surface area contributed by atoms with Gasteiger partial charge >= 0.3 is 5.69 Å². The van der Waals surface area contributed by atoms with Gasteiger partial charge in [-0.05, 0) is 24.3 Å². The van der Waals surface area contributed by atoms with Crippen LogP contribution < -0.4 is 16.0 Å². The van der Waals surface area contributed by atoms with E-state index in [0.29, 0.717) is 17.1 Å². The number of H-pyrrole nitrogens is 1. The fraction of sp³-hybridized carbons (Fsp3) is 0.0556. The zero-order chi connectivity index (χ0) is 16.7. The third-order valence-electron chi connectivity index (χ3n) is 3.91. The number of methoxy groups -OCH3 is 1. The highest BCUT2D eigenvalue weighted by Crippen LogP contribution is 2.33. The molecule has 1 N–H and O–H groups in total. The van der Waals surface area contributed by atoms with Gasteiger partial charge in [0, 0.05) is 11.1 Å². The molecule has 2 aromatic carbocycles. The standard InChI is InChI=1S/C18H13N3O3/c1-24-14-9-5-6-11-10-13-16(19-18(23)20-17(13)22)21(15(11)14)12-7-3-2-4-8-12/h2-10H,1H3,(H,20,22,23). The lowest BCUT2D eigenvalue weighted by Gasteiger charge is -2.19. The van der Waals surface area contributed by atoms with Crippen LogP contribution in [0.3, 0.4) is 0 Å². The smallest absolute Gasteiger partial charge is 0.349 e. The molecule has 0 spiro atoms. The molecule has 0 atom stereocenters. The molecule has 0 fully saturated rings. The summed E-state index contributed by atoms with van der Waals surface area (Å²) in [5.74, 6) is 0.930. The number of pyridine rings is 1. The van der Waals surface area contributed by atoms with Gasteiger partial charge in [-0.15, -0.1) is 0 Å². The Kier molecular flexibility index (Phi) is 3.16. The molecule has 24 heavy (non-hydrogen) atoms. The van der Waals surface area contributed by atoms with Crippen LogP contribution in [0.4, 0.5) is 0 Å². The molecule has 0 amide bonds. The zero-order valence-corrected chi connectivity index (χ0v) is 12.8. The van der Waals surface area contributed by atoms with E-state index in [-0.39, 0.29) is 0 Å². The van der Waals surface area contributed by atoms with E-state index in [1.807, 2.05) is 48.5 Å². The highest BCUT2D eigenvalue weighted by Gasteiger charge is 2.19. The molecule has 2 aliphatic heterocycles. The predicted octanol–water partition coefficient (Wildman–Crippen LogP) is 2.19. The molecule has 0 saturated heterocycles. The molecule has 0 radical (unpaired) electrons. The van der Waals surface area contributed by atoms with Gasteiger partial charge in [0.2, 0.25) is 0 Å². The first kappa shape index (κ1) is 14.2. The van der Waals surface area contributed by atoms with Crippen LogP contribution in [-0.4, -0.2) is 21.6 Å². The Morgan fingerprint density at radius 2 is 1.83 bits per heavy atom. The number of rotatable bonds is 2. The van der Waals surface area contributed by atoms with Crippen molar-refractivity contribution >= 4 is 10.9 Å². The second-order valence-electron chi connectivity index (χ2n) is 5.32. The van der Waals surface area contributed by atoms with Crippen LogP contribution in [0.1, 0.15) is 0 Å². The highest BCUT2D eigenvalue weighted by molar-refractivity contribution is 5.91. The second-order valence-corrected chi connectivity index (χ2v) is 5.32. The monoisotopic (exact) mass is 319 g/mol. The van der Waals surface area contributed by atoms with Crippen molar-refractivity contribution in [2.24, 2.45) is 0 Å². The number of ether oxygens (including phenoxy) is 1. The number of aromatic nitrogens is 3. The van der Waals surface area contributed by atoms with Crippen LogP contribution in [0.2, 0.25) is 0 Å². The summed E-state index contributed by atoms with van der Waals surface area (Å²) >= 11 is 0. The number of aromatic amines is 1. The molecular weight excluding hydrogens is 306 g/mol. The zero-order valence-electron chi connectivity index (χ0n) is 12.8. The lowest BCUT2D eigenvalue weighted by Crippen LogP contribution is -2.27. The molecule has 0 saturated carbocycles. The molecule has 6 heteroatoms. The van der Waals surface area contributed by atoms with Crippen molar-refractivity contribution in [1.82, 2.24) is 14.5 Å². The van der Waals surface area contributed by atoms with E-state index in [2.05, 4.69) is 9.97 Å². The largest absolute Gasteiger partial charge is 0.495 e. The van der Waals surface area contributed by atoms with Crippen molar-refractivity contribution in [3.63, 3.8) is 0 Å². The van der Waals surface area contributed by atoms with Gasteiger partial charge in [0.25, 0.3) is 5.56 Å². The average Bonchev–Trinajstić information content (AvgIpc) is 2.60. The number of fused-ring (bicyclic) bond motifs is 2. The van der Waals surface area contributed by atoms with Gasteiger partial charge in [0.1, 0.15) is 5.75 Å². The summed E-state index contributed by atoms with van der Waals surface area (Å²) in [6.07, 6.45) is 0. The highest BCUT2D eigenvalue weighted by atomic mass is 16.5. The van der Waals surface area contributed by atoms with Gasteiger partial charge in [-0.3, -0.25) is 14.3 Å². The van der Waals surface area contributed by atoms with Gasteiger partial charge in [-0.2, -0.15) is 4.98 Å². The molecule has 4 rings (SSSR count). The van der Waals surface area contributed by atoms with Gasteiger partial charge < -0.3 is 4.74 Å². The molecule has 0 unspecified atom stereocenters. The molecule has 2 aromatic rings. The molecular formula is C18H13N3O3. The summed E-state index contributed by atoms with van der Waals surface area (Å²) in [5.41, 5.74) is 0.747. The molecule has 0 bridgehead atoms. The Balaban J connectivity index is 2.31. The van der Waals surface area contributed by atoms with Crippen LogP contribution in [-0.2, 0) is 0 Å². The van der Waals surface area contributed by atoms with Crippen molar-refractivity contribution in [2.75, 3.05) is 7.11 Å². The maximum Gasteiger partial charge on any atom is 0.349 e. The fourth-order valence-electron chi connectivity index (χ4n) is 2.90. The Morgan fingerprint density at radius 3 is 2.58 bits per heavy atom. The summed E-state index contributed by atoms with van der Waals surface area (Å²) < 4.78 is 7.26. The van der Waals surface area contributed by atoms with Crippen molar-refractivity contribution < 1.29 is 4.74 Å². The first-order valence-corrected chi connectivity index (χ1v) is 7.37. The third-order valence-corrected chi connectivity index (χ3v) is 3.91. The molecule has 6 nitrogen and oxygen atoms in total. The number of para-hydroxylation sites is 2. The SMILES string of the molecule is COc1cccc2cc3c(=O)[nH]c(=O)nc-3n(-c3ccccc3)c12. The van der Waals surface area contributed by atoms with E-state index < -0.39 is 11.2 Å². The number of hydrogen-bond acceptors (Lipinski definition) is 4. The Bertz CT molecular complexity index is 1130. The molecule has 2 heterocycles. The number of hydrogen-bond donors (Lipinski definition) is 1. The van der Waals surface area contributed by atoms with E-state index in [9.17, 15) is 9.59 Å². The van der Waals surface area contributed by atoms with Crippen molar-refractivity contribution in [3.8, 4) is 22.8 Å². The second kappa shape index (κ2) is 5.34. The van der Waals surface area contributed by atoms with Crippen LogP contribution in [0.25, 0.3) is 28.0 Å². The van der Waals surface area contributed by atoms with Crippen LogP contribution in [0.15, 0.2) is 64.2 Å². The Morgan fingerprint density at radius 1 is 1.04 bits per heavy atom. The molecule has 0 aliphatic carbocycles. The normalized spacial score (nSPS) is 11.0. The molecule has 118 valence electrons. The lowest BCUT2D eigenvalue weighted by molar-refractivity contribution is 0.418. The summed E-state index contributed by atoms with van der Waals surface area (Å²) in [4.78, 5) is 30.3. The van der Waals surface area contributed by atoms with E-state index in [1.54, 1.807) is 17.7 Å². The summed E-state index contributed by atoms with van der Waals surface area (Å²) in [5, 5.41) is 0.816. The van der Waals surface area contributed by atoms with Gasteiger partial charge in [0.15, 0.2) is 5.82 Å². The van der Waals surface area contributed by atoms with Gasteiger partial charge in [-0.1, -0.05) is 30.3 Å². The summed E-state index contributed by atoms with van der Waals surface area (Å²) in [7, 11) is 1.58. The minimum Gasteiger partial charge on any atom is -0.495 e. The Labute approximate surface area is 136 Å². The van der Waals surface area contributed by atoms with E-state index in [4.69, 9.17) is 4.74 Å². The maximum atomic E-state index is 12.2. The van der Waals surface area contributed by atoms with Crippen LogP contribution in [0.5, 0.6) is 5.75 Å². The Hall–Kier alpha value is -3.41. The molecule has 2 aliphatic rings. The maximum absolute atomic E-state index is 12.2. The summed E-state index contributed by atoms with van der Waals surface area (Å²) in [6.45, 7) is 0. The lowest BCUT2D eigenvalue weighted by atomic mass is 10.1. The van der Waals surface area contributed by atoms with E-state index >= 15 is 0 Å². The topological polar surface area (TPSA) is 77.0 Å². The minimum absolute atomic E-state index is 0.298. The van der Waals surface area contributed by atoms with Crippen LogP contribution in [0, 0.1) is 0 Å². The van der Waals surface area contributed by atoms with Crippen molar-refractivity contribution in [2.45, 2.75) is 0 Å². The molecule has 0 aromatic heterocycles. The predicted molar refractivity (Wildman–Crippen MR) is 91.1 cm³/mol. The van der Waals surface area contributed by atoms with Crippen molar-refractivity contribution in [3.05, 3.63) is 75.4 Å². The number of nitrogens with zero attached hydrogens (tertiary/aromatic N) is 2. The average molecular weight is 319 g/mol. The fourth-order valence-corrected chi connectivity index (χ4v) is 2.90. The minimum atomic E-state index is -0.675. The van der Waals surface area contributed by atoms with Gasteiger partial charge in [-0.25, -0.2) is 4.79 Å². The first-order chi connectivity index (χ1) is 11.7. The quantitative estimate of drug-likeness (QED) is 0.575. The number of benzene rings is 2. The third kappa shape index (κ3) is 2.08. The van der Waals surface area contributed by atoms with Crippen molar-refractivity contribution in [1.29, 1.82) is 0 Å². The van der Waals surface area contributed by atoms with E-state index in [0.717, 1.165) is 16.6 Å². The first-order valence-electron chi connectivity index (χ1n) is 7.37. The van der Waals surface area contributed by atoms with Gasteiger partial charge in [0.05, 0.1) is 18.2 Å². The van der Waals surface area contributed by atoms with E-state index in [1.165, 1.54) is 0 Å². The van der Waals surface area contributed by atoms with Crippen LogP contribution >= 0.6 is 0 Å².